The van der Waals surface area contributed by atoms with Gasteiger partial charge in [0.1, 0.15) is 13.2 Å². The van der Waals surface area contributed by atoms with Crippen molar-refractivity contribution >= 4 is 23.2 Å². The lowest BCUT2D eigenvalue weighted by atomic mass is 9.80. The molecular formula is C13H14Cl2O2. The van der Waals surface area contributed by atoms with Crippen LogP contribution in [-0.4, -0.2) is 13.2 Å². The number of ether oxygens (including phenoxy) is 2. The van der Waals surface area contributed by atoms with E-state index in [4.69, 9.17) is 32.7 Å². The van der Waals surface area contributed by atoms with E-state index in [0.717, 1.165) is 17.1 Å². The predicted molar refractivity (Wildman–Crippen MR) is 68.4 cm³/mol. The molecule has 0 aromatic heterocycles. The van der Waals surface area contributed by atoms with Gasteiger partial charge >= 0.3 is 0 Å². The molecule has 1 heterocycles. The van der Waals surface area contributed by atoms with Crippen LogP contribution in [0.1, 0.15) is 30.2 Å². The molecule has 1 unspecified atom stereocenters. The third kappa shape index (κ3) is 2.09. The first-order valence-corrected chi connectivity index (χ1v) is 6.80. The molecule has 0 spiro atoms. The lowest BCUT2D eigenvalue weighted by Crippen LogP contribution is -2.18. The highest BCUT2D eigenvalue weighted by Gasteiger charge is 2.29. The van der Waals surface area contributed by atoms with Gasteiger partial charge in [0.2, 0.25) is 0 Å². The Hall–Kier alpha value is -0.600. The number of alkyl halides is 1. The number of fused-ring (bicyclic) bond motifs is 1. The van der Waals surface area contributed by atoms with Crippen molar-refractivity contribution in [3.05, 3.63) is 22.7 Å². The van der Waals surface area contributed by atoms with E-state index >= 15 is 0 Å². The van der Waals surface area contributed by atoms with Gasteiger partial charge in [-0.2, -0.15) is 0 Å². The molecule has 1 aromatic rings. The Bertz CT molecular complexity index is 430. The van der Waals surface area contributed by atoms with E-state index in [1.165, 1.54) is 19.3 Å². The van der Waals surface area contributed by atoms with Crippen molar-refractivity contribution in [2.24, 2.45) is 5.92 Å². The number of halogens is 2. The van der Waals surface area contributed by atoms with Crippen molar-refractivity contribution in [3.63, 3.8) is 0 Å². The number of hydrogen-bond donors (Lipinski definition) is 0. The van der Waals surface area contributed by atoms with Crippen LogP contribution in [0.15, 0.2) is 12.1 Å². The maximum atomic E-state index is 6.48. The SMILES string of the molecule is Clc1cc2c(cc1C(Cl)C1CCC1)OCCO2. The van der Waals surface area contributed by atoms with Gasteiger partial charge in [-0.25, -0.2) is 0 Å². The Morgan fingerprint density at radius 2 is 1.76 bits per heavy atom. The second kappa shape index (κ2) is 4.58. The van der Waals surface area contributed by atoms with E-state index in [1.54, 1.807) is 0 Å². The molecular weight excluding hydrogens is 259 g/mol. The summed E-state index contributed by atoms with van der Waals surface area (Å²) in [4.78, 5) is 0. The van der Waals surface area contributed by atoms with Crippen LogP contribution < -0.4 is 9.47 Å². The highest BCUT2D eigenvalue weighted by molar-refractivity contribution is 6.33. The van der Waals surface area contributed by atoms with Crippen molar-refractivity contribution in [2.75, 3.05) is 13.2 Å². The standard InChI is InChI=1S/C13H14Cl2O2/c14-10-7-12-11(16-4-5-17-12)6-9(10)13(15)8-2-1-3-8/h6-8,13H,1-5H2. The van der Waals surface area contributed by atoms with Gasteiger partial charge in [0.15, 0.2) is 11.5 Å². The Morgan fingerprint density at radius 1 is 1.12 bits per heavy atom. The molecule has 92 valence electrons. The molecule has 2 nitrogen and oxygen atoms in total. The van der Waals surface area contributed by atoms with Gasteiger partial charge in [0.05, 0.1) is 5.38 Å². The van der Waals surface area contributed by atoms with Gasteiger partial charge in [-0.3, -0.25) is 0 Å². The summed E-state index contributed by atoms with van der Waals surface area (Å²) >= 11 is 12.7. The molecule has 17 heavy (non-hydrogen) atoms. The molecule has 4 heteroatoms. The molecule has 0 bridgehead atoms. The third-order valence-electron chi connectivity index (χ3n) is 3.52. The minimum absolute atomic E-state index is 0.00734. The first-order valence-electron chi connectivity index (χ1n) is 5.99. The zero-order valence-electron chi connectivity index (χ0n) is 9.42. The van der Waals surface area contributed by atoms with Crippen LogP contribution in [-0.2, 0) is 0 Å². The second-order valence-corrected chi connectivity index (χ2v) is 5.49. The average molecular weight is 273 g/mol. The van der Waals surface area contributed by atoms with E-state index in [1.807, 2.05) is 12.1 Å². The third-order valence-corrected chi connectivity index (χ3v) is 4.44. The van der Waals surface area contributed by atoms with Crippen LogP contribution in [0.4, 0.5) is 0 Å². The smallest absolute Gasteiger partial charge is 0.162 e. The fourth-order valence-corrected chi connectivity index (χ4v) is 3.04. The van der Waals surface area contributed by atoms with Crippen molar-refractivity contribution in [3.8, 4) is 11.5 Å². The normalized spacial score (nSPS) is 20.8. The van der Waals surface area contributed by atoms with Gasteiger partial charge in [-0.15, -0.1) is 11.6 Å². The second-order valence-electron chi connectivity index (χ2n) is 4.61. The van der Waals surface area contributed by atoms with Crippen molar-refractivity contribution in [1.82, 2.24) is 0 Å². The van der Waals surface area contributed by atoms with Gasteiger partial charge in [0, 0.05) is 11.1 Å². The van der Waals surface area contributed by atoms with E-state index in [2.05, 4.69) is 0 Å². The van der Waals surface area contributed by atoms with E-state index < -0.39 is 0 Å². The minimum Gasteiger partial charge on any atom is -0.486 e. The van der Waals surface area contributed by atoms with E-state index in [9.17, 15) is 0 Å². The largest absolute Gasteiger partial charge is 0.486 e. The summed E-state index contributed by atoms with van der Waals surface area (Å²) in [5, 5.41) is 0.674. The molecule has 2 aliphatic rings. The summed E-state index contributed by atoms with van der Waals surface area (Å²) in [5.41, 5.74) is 0.974. The zero-order valence-corrected chi connectivity index (χ0v) is 10.9. The van der Waals surface area contributed by atoms with Crippen LogP contribution in [0.5, 0.6) is 11.5 Å². The summed E-state index contributed by atoms with van der Waals surface area (Å²) < 4.78 is 11.0. The molecule has 1 aromatic carbocycles. The average Bonchev–Trinajstić information content (AvgIpc) is 2.25. The summed E-state index contributed by atoms with van der Waals surface area (Å²) in [5.74, 6) is 2.04. The van der Waals surface area contributed by atoms with E-state index in [0.29, 0.717) is 24.2 Å². The van der Waals surface area contributed by atoms with Crippen molar-refractivity contribution in [1.29, 1.82) is 0 Å². The van der Waals surface area contributed by atoms with Gasteiger partial charge < -0.3 is 9.47 Å². The quantitative estimate of drug-likeness (QED) is 0.752. The Morgan fingerprint density at radius 3 is 2.35 bits per heavy atom. The topological polar surface area (TPSA) is 18.5 Å². The molecule has 1 aliphatic heterocycles. The first kappa shape index (κ1) is 11.5. The van der Waals surface area contributed by atoms with Crippen LogP contribution in [0, 0.1) is 5.92 Å². The van der Waals surface area contributed by atoms with Crippen molar-refractivity contribution in [2.45, 2.75) is 24.6 Å². The maximum Gasteiger partial charge on any atom is 0.162 e. The minimum atomic E-state index is -0.00734. The molecule has 1 saturated carbocycles. The number of rotatable bonds is 2. The lowest BCUT2D eigenvalue weighted by molar-refractivity contribution is 0.171. The molecule has 3 rings (SSSR count). The van der Waals surface area contributed by atoms with Crippen molar-refractivity contribution < 1.29 is 9.47 Å². The monoisotopic (exact) mass is 272 g/mol. The van der Waals surface area contributed by atoms with E-state index in [-0.39, 0.29) is 5.38 Å². The summed E-state index contributed by atoms with van der Waals surface area (Å²) in [7, 11) is 0. The molecule has 0 radical (unpaired) electrons. The van der Waals surface area contributed by atoms with Crippen LogP contribution in [0.2, 0.25) is 5.02 Å². The molecule has 0 amide bonds. The summed E-state index contributed by atoms with van der Waals surface area (Å²) in [6.07, 6.45) is 3.66. The maximum absolute atomic E-state index is 6.48. The molecule has 1 fully saturated rings. The summed E-state index contributed by atoms with van der Waals surface area (Å²) in [6, 6.07) is 3.76. The summed E-state index contributed by atoms with van der Waals surface area (Å²) in [6.45, 7) is 1.17. The van der Waals surface area contributed by atoms with Gasteiger partial charge in [-0.05, 0) is 30.4 Å². The first-order chi connectivity index (χ1) is 8.25. The highest BCUT2D eigenvalue weighted by atomic mass is 35.5. The molecule has 0 saturated heterocycles. The van der Waals surface area contributed by atoms with Crippen LogP contribution >= 0.6 is 23.2 Å². The fraction of sp³-hybridized carbons (Fsp3) is 0.538. The highest BCUT2D eigenvalue weighted by Crippen LogP contribution is 2.46. The Balaban J connectivity index is 1.92. The fourth-order valence-electron chi connectivity index (χ4n) is 2.28. The Labute approximate surface area is 111 Å². The number of benzene rings is 1. The van der Waals surface area contributed by atoms with Gasteiger partial charge in [-0.1, -0.05) is 18.0 Å². The number of hydrogen-bond acceptors (Lipinski definition) is 2. The molecule has 0 N–H and O–H groups in total. The van der Waals surface area contributed by atoms with Crippen LogP contribution in [0.25, 0.3) is 0 Å². The predicted octanol–water partition coefficient (Wildman–Crippen LogP) is 4.19. The zero-order chi connectivity index (χ0) is 11.8. The Kier molecular flexibility index (Phi) is 3.10. The lowest BCUT2D eigenvalue weighted by Gasteiger charge is -2.31. The van der Waals surface area contributed by atoms with Gasteiger partial charge in [0.25, 0.3) is 0 Å². The molecule has 1 aliphatic carbocycles. The van der Waals surface area contributed by atoms with Crippen LogP contribution in [0.3, 0.4) is 0 Å². The molecule has 1 atom stereocenters.